The Bertz CT molecular complexity index is 1080. The zero-order valence-corrected chi connectivity index (χ0v) is 29.7. The van der Waals surface area contributed by atoms with Crippen molar-refractivity contribution in [1.82, 2.24) is 42.5 Å². The molecule has 12 nitrogen and oxygen atoms in total. The summed E-state index contributed by atoms with van der Waals surface area (Å²) in [6.07, 6.45) is 21.4. The van der Waals surface area contributed by atoms with Crippen LogP contribution in [-0.4, -0.2) is 76.7 Å². The summed E-state index contributed by atoms with van der Waals surface area (Å²) < 4.78 is 5.57. The molecular formula is C33H62N8O4Si. The summed E-state index contributed by atoms with van der Waals surface area (Å²) in [7, 11) is 0.476. The Labute approximate surface area is 277 Å². The topological polar surface area (TPSA) is 186 Å². The first-order chi connectivity index (χ1) is 21.7. The van der Waals surface area contributed by atoms with Gasteiger partial charge >= 0.3 is 0 Å². The third-order valence-corrected chi connectivity index (χ3v) is 14.8. The second-order valence-corrected chi connectivity index (χ2v) is 16.7. The molecule has 0 spiro atoms. The lowest BCUT2D eigenvalue weighted by Crippen LogP contribution is -2.62. The van der Waals surface area contributed by atoms with E-state index in [2.05, 4.69) is 42.5 Å². The van der Waals surface area contributed by atoms with E-state index in [9.17, 15) is 4.79 Å². The lowest BCUT2D eigenvalue weighted by atomic mass is 9.71. The Morgan fingerprint density at radius 1 is 0.413 bits per heavy atom. The van der Waals surface area contributed by atoms with Crippen LogP contribution in [0.5, 0.6) is 0 Å². The number of nitrogens with one attached hydrogen (secondary N) is 8. The van der Waals surface area contributed by atoms with Gasteiger partial charge in [0.2, 0.25) is 10.5 Å². The van der Waals surface area contributed by atoms with Crippen molar-refractivity contribution in [3.05, 3.63) is 0 Å². The summed E-state index contributed by atoms with van der Waals surface area (Å²) in [5.74, 6) is 4.68. The summed E-state index contributed by atoms with van der Waals surface area (Å²) in [5, 5.41) is 33.4. The molecule has 12 N–H and O–H groups in total. The Balaban J connectivity index is 0.00000169. The van der Waals surface area contributed by atoms with Gasteiger partial charge in [0.05, 0.1) is 55.2 Å². The Morgan fingerprint density at radius 3 is 1.02 bits per heavy atom. The van der Waals surface area contributed by atoms with E-state index < -0.39 is 0 Å². The molecule has 8 bridgehead atoms. The molecule has 0 radical (unpaired) electrons. The van der Waals surface area contributed by atoms with Gasteiger partial charge in [0.15, 0.2) is 0 Å². The third kappa shape index (κ3) is 5.72. The molecule has 262 valence electrons. The number of hydrogen-bond donors (Lipinski definition) is 8. The van der Waals surface area contributed by atoms with Crippen LogP contribution in [0.1, 0.15) is 96.3 Å². The molecule has 0 aromatic carbocycles. The molecule has 5 aliphatic heterocycles. The first-order valence-electron chi connectivity index (χ1n) is 18.8. The SMILES string of the molecule is O.O.O=C(O[SiH3])C1CCCC2C3NC4NC(NC5NC(NC6NC(NC(N3)C12)C1CCCCC61)C1CCCCC51)C1CCCCC41. The Kier molecular flexibility index (Phi) is 10.2. The molecule has 0 aromatic rings. The summed E-state index contributed by atoms with van der Waals surface area (Å²) in [5.41, 5.74) is 0. The number of fused-ring (bicyclic) bond motifs is 20. The van der Waals surface area contributed by atoms with Crippen molar-refractivity contribution in [3.8, 4) is 0 Å². The van der Waals surface area contributed by atoms with E-state index in [4.69, 9.17) is 4.43 Å². The minimum absolute atomic E-state index is 0. The van der Waals surface area contributed by atoms with Gasteiger partial charge in [-0.15, -0.1) is 0 Å². The maximum atomic E-state index is 13.3. The zero-order chi connectivity index (χ0) is 29.4. The minimum Gasteiger partial charge on any atom is -0.529 e. The van der Waals surface area contributed by atoms with Crippen molar-refractivity contribution in [1.29, 1.82) is 0 Å². The van der Waals surface area contributed by atoms with Crippen LogP contribution in [0.4, 0.5) is 0 Å². The van der Waals surface area contributed by atoms with Gasteiger partial charge in [-0.3, -0.25) is 47.3 Å². The standard InChI is InChI=1S/C33H58N8O2Si.2H2O/c42-33(43-44)23-15-7-14-22-24(23)32-40-30-21-13-6-5-12-20(21)28(38-30)36-26-17-9-2-1-8-16(17)25(34-26)35-27-18-10-3-4-11-19(18)29(37-27)39-31(22)41-32;;/h16-32,34-41H,1-15H2,44H3;2*1H2. The molecule has 4 saturated carbocycles. The predicted molar refractivity (Wildman–Crippen MR) is 179 cm³/mol. The van der Waals surface area contributed by atoms with E-state index >= 15 is 0 Å². The van der Waals surface area contributed by atoms with Gasteiger partial charge in [-0.25, -0.2) is 0 Å². The van der Waals surface area contributed by atoms with Crippen LogP contribution in [0.15, 0.2) is 0 Å². The Morgan fingerprint density at radius 2 is 0.696 bits per heavy atom. The highest BCUT2D eigenvalue weighted by atomic mass is 28.2. The fourth-order valence-electron chi connectivity index (χ4n) is 12.5. The maximum absolute atomic E-state index is 13.3. The fraction of sp³-hybridized carbons (Fsp3) is 0.970. The summed E-state index contributed by atoms with van der Waals surface area (Å²) in [4.78, 5) is 13.3. The Hall–Kier alpha value is -0.713. The highest BCUT2D eigenvalue weighted by molar-refractivity contribution is 6.05. The molecule has 0 aromatic heterocycles. The van der Waals surface area contributed by atoms with Crippen LogP contribution in [-0.2, 0) is 9.22 Å². The van der Waals surface area contributed by atoms with Crippen molar-refractivity contribution < 1.29 is 20.2 Å². The van der Waals surface area contributed by atoms with E-state index in [0.717, 1.165) is 12.8 Å². The lowest BCUT2D eigenvalue weighted by molar-refractivity contribution is -0.143. The van der Waals surface area contributed by atoms with Gasteiger partial charge in [-0.05, 0) is 92.8 Å². The van der Waals surface area contributed by atoms with E-state index in [1.165, 1.54) is 83.5 Å². The quantitative estimate of drug-likeness (QED) is 0.162. The molecule has 17 atom stereocenters. The van der Waals surface area contributed by atoms with E-state index in [-0.39, 0.29) is 47.3 Å². The molecule has 5 saturated heterocycles. The molecule has 5 heterocycles. The van der Waals surface area contributed by atoms with Crippen LogP contribution >= 0.6 is 0 Å². The molecule has 0 amide bonds. The van der Waals surface area contributed by atoms with Gasteiger partial charge < -0.3 is 15.4 Å². The van der Waals surface area contributed by atoms with Gasteiger partial charge in [0, 0.05) is 5.92 Å². The molecule has 4 aliphatic carbocycles. The van der Waals surface area contributed by atoms with Gasteiger partial charge in [-0.2, -0.15) is 0 Å². The largest absolute Gasteiger partial charge is 0.529 e. The number of hydrogen-bond acceptors (Lipinski definition) is 10. The van der Waals surface area contributed by atoms with Crippen molar-refractivity contribution in [3.63, 3.8) is 0 Å². The normalized spacial score (nSPS) is 52.7. The fourth-order valence-corrected chi connectivity index (χ4v) is 12.8. The zero-order valence-electron chi connectivity index (χ0n) is 27.7. The van der Waals surface area contributed by atoms with Gasteiger partial charge in [0.1, 0.15) is 0 Å². The number of carbonyl (C=O) groups is 1. The molecule has 9 rings (SSSR count). The molecule has 13 heteroatoms. The highest BCUT2D eigenvalue weighted by Crippen LogP contribution is 2.47. The molecule has 46 heavy (non-hydrogen) atoms. The second kappa shape index (κ2) is 13.9. The number of rotatable bonds is 1. The monoisotopic (exact) mass is 662 g/mol. The summed E-state index contributed by atoms with van der Waals surface area (Å²) in [6.45, 7) is 0. The third-order valence-electron chi connectivity index (χ3n) is 14.4. The van der Waals surface area contributed by atoms with Crippen molar-refractivity contribution in [2.45, 2.75) is 146 Å². The second-order valence-electron chi connectivity index (χ2n) is 16.3. The van der Waals surface area contributed by atoms with Gasteiger partial charge in [0.25, 0.3) is 5.97 Å². The maximum Gasteiger partial charge on any atom is 0.295 e. The van der Waals surface area contributed by atoms with Crippen LogP contribution in [0.2, 0.25) is 0 Å². The lowest BCUT2D eigenvalue weighted by Gasteiger charge is -2.38. The summed E-state index contributed by atoms with van der Waals surface area (Å²) >= 11 is 0. The molecule has 9 aliphatic rings. The van der Waals surface area contributed by atoms with Crippen LogP contribution < -0.4 is 42.5 Å². The molecule has 17 unspecified atom stereocenters. The van der Waals surface area contributed by atoms with E-state index in [1.54, 1.807) is 0 Å². The first kappa shape index (κ1) is 33.8. The minimum atomic E-state index is -0.0147. The average Bonchev–Trinajstić information content (AvgIpc) is 3.80. The summed E-state index contributed by atoms with van der Waals surface area (Å²) in [6, 6.07) is 0. The van der Waals surface area contributed by atoms with E-state index in [1.807, 2.05) is 0 Å². The highest BCUT2D eigenvalue weighted by Gasteiger charge is 2.56. The number of carbonyl (C=O) groups excluding carboxylic acids is 1. The van der Waals surface area contributed by atoms with Gasteiger partial charge in [-0.1, -0.05) is 44.9 Å². The smallest absolute Gasteiger partial charge is 0.295 e. The van der Waals surface area contributed by atoms with E-state index in [0.29, 0.717) is 82.7 Å². The first-order valence-corrected chi connectivity index (χ1v) is 19.6. The van der Waals surface area contributed by atoms with Crippen molar-refractivity contribution >= 4 is 16.5 Å². The van der Waals surface area contributed by atoms with Crippen LogP contribution in [0.25, 0.3) is 0 Å². The predicted octanol–water partition coefficient (Wildman–Crippen LogP) is -0.994. The molecule has 9 fully saturated rings. The average molecular weight is 663 g/mol. The van der Waals surface area contributed by atoms with Crippen LogP contribution in [0.3, 0.4) is 0 Å². The van der Waals surface area contributed by atoms with Crippen LogP contribution in [0, 0.1) is 53.3 Å². The van der Waals surface area contributed by atoms with Crippen molar-refractivity contribution in [2.24, 2.45) is 53.3 Å². The van der Waals surface area contributed by atoms with Crippen molar-refractivity contribution in [2.75, 3.05) is 0 Å². The molecular weight excluding hydrogens is 601 g/mol.